The smallest absolute Gasteiger partial charge is 0.0730 e. The van der Waals surface area contributed by atoms with Gasteiger partial charge in [-0.1, -0.05) is 0 Å². The van der Waals surface area contributed by atoms with Crippen LogP contribution in [0.15, 0.2) is 15.2 Å². The van der Waals surface area contributed by atoms with E-state index in [-0.39, 0.29) is 0 Å². The van der Waals surface area contributed by atoms with E-state index in [2.05, 4.69) is 39.7 Å². The number of rotatable bonds is 3. The van der Waals surface area contributed by atoms with Gasteiger partial charge >= 0.3 is 0 Å². The number of hydrogen-bond donors (Lipinski definition) is 1. The lowest BCUT2D eigenvalue weighted by molar-refractivity contribution is 0.510. The SMILES string of the molecule is CNC1CCC(Cc2ccsc2Br)C1. The highest BCUT2D eigenvalue weighted by molar-refractivity contribution is 9.11. The van der Waals surface area contributed by atoms with Crippen LogP contribution in [-0.4, -0.2) is 13.1 Å². The van der Waals surface area contributed by atoms with E-state index >= 15 is 0 Å². The fourth-order valence-electron chi connectivity index (χ4n) is 2.30. The summed E-state index contributed by atoms with van der Waals surface area (Å²) in [4.78, 5) is 0. The third-order valence-electron chi connectivity index (χ3n) is 3.15. The molecule has 1 heterocycles. The van der Waals surface area contributed by atoms with Gasteiger partial charge in [0.15, 0.2) is 0 Å². The van der Waals surface area contributed by atoms with Gasteiger partial charge in [-0.2, -0.15) is 0 Å². The average Bonchev–Trinajstić information content (AvgIpc) is 2.77. The lowest BCUT2D eigenvalue weighted by atomic mass is 10.00. The first-order valence-electron chi connectivity index (χ1n) is 5.18. The van der Waals surface area contributed by atoms with Gasteiger partial charge < -0.3 is 5.32 Å². The van der Waals surface area contributed by atoms with E-state index < -0.39 is 0 Å². The predicted octanol–water partition coefficient (Wildman–Crippen LogP) is 3.44. The molecule has 1 fully saturated rings. The first-order chi connectivity index (χ1) is 6.79. The van der Waals surface area contributed by atoms with Crippen molar-refractivity contribution in [2.24, 2.45) is 5.92 Å². The van der Waals surface area contributed by atoms with Crippen molar-refractivity contribution in [3.05, 3.63) is 20.8 Å². The van der Waals surface area contributed by atoms with Crippen LogP contribution >= 0.6 is 27.3 Å². The molecule has 1 aromatic heterocycles. The molecule has 2 atom stereocenters. The molecular formula is C11H16BrNS. The second kappa shape index (κ2) is 4.77. The van der Waals surface area contributed by atoms with Crippen LogP contribution in [0.4, 0.5) is 0 Å². The molecule has 1 aliphatic rings. The maximum atomic E-state index is 3.61. The van der Waals surface area contributed by atoms with Crippen molar-refractivity contribution in [1.82, 2.24) is 5.32 Å². The quantitative estimate of drug-likeness (QED) is 0.890. The molecule has 2 unspecified atom stereocenters. The third-order valence-corrected chi connectivity index (χ3v) is 4.96. The summed E-state index contributed by atoms with van der Waals surface area (Å²) in [5.41, 5.74) is 1.50. The first kappa shape index (κ1) is 10.7. The van der Waals surface area contributed by atoms with Gasteiger partial charge in [-0.3, -0.25) is 0 Å². The topological polar surface area (TPSA) is 12.0 Å². The molecule has 0 spiro atoms. The van der Waals surface area contributed by atoms with Crippen LogP contribution in [0.25, 0.3) is 0 Å². The highest BCUT2D eigenvalue weighted by Gasteiger charge is 2.23. The molecule has 1 aromatic rings. The zero-order chi connectivity index (χ0) is 9.97. The Kier molecular flexibility index (Phi) is 3.63. The molecule has 2 rings (SSSR count). The second-order valence-corrected chi connectivity index (χ2v) is 6.32. The van der Waals surface area contributed by atoms with Crippen LogP contribution in [0.2, 0.25) is 0 Å². The van der Waals surface area contributed by atoms with Gasteiger partial charge in [0.1, 0.15) is 0 Å². The fourth-order valence-corrected chi connectivity index (χ4v) is 3.57. The summed E-state index contributed by atoms with van der Waals surface area (Å²) in [6.45, 7) is 0. The lowest BCUT2D eigenvalue weighted by Gasteiger charge is -2.09. The Balaban J connectivity index is 1.90. The summed E-state index contributed by atoms with van der Waals surface area (Å²) < 4.78 is 1.32. The Morgan fingerprint density at radius 1 is 1.57 bits per heavy atom. The molecule has 0 aliphatic heterocycles. The van der Waals surface area contributed by atoms with Crippen molar-refractivity contribution in [3.63, 3.8) is 0 Å². The number of hydrogen-bond acceptors (Lipinski definition) is 2. The Labute approximate surface area is 98.0 Å². The minimum Gasteiger partial charge on any atom is -0.317 e. The summed E-state index contributed by atoms with van der Waals surface area (Å²) in [5.74, 6) is 0.887. The van der Waals surface area contributed by atoms with Gasteiger partial charge in [-0.25, -0.2) is 0 Å². The molecule has 1 saturated carbocycles. The normalized spacial score (nSPS) is 27.0. The molecule has 1 nitrogen and oxygen atoms in total. The average molecular weight is 274 g/mol. The van der Waals surface area contributed by atoms with Crippen molar-refractivity contribution < 1.29 is 0 Å². The van der Waals surface area contributed by atoms with Crippen LogP contribution in [0, 0.1) is 5.92 Å². The van der Waals surface area contributed by atoms with Crippen LogP contribution in [0.1, 0.15) is 24.8 Å². The molecule has 14 heavy (non-hydrogen) atoms. The molecule has 1 N–H and O–H groups in total. The molecule has 1 aliphatic carbocycles. The molecule has 0 radical (unpaired) electrons. The molecular weight excluding hydrogens is 258 g/mol. The van der Waals surface area contributed by atoms with Crippen molar-refractivity contribution in [3.8, 4) is 0 Å². The largest absolute Gasteiger partial charge is 0.317 e. The predicted molar refractivity (Wildman–Crippen MR) is 65.9 cm³/mol. The summed E-state index contributed by atoms with van der Waals surface area (Å²) in [6.07, 6.45) is 5.33. The maximum absolute atomic E-state index is 3.61. The summed E-state index contributed by atoms with van der Waals surface area (Å²) >= 11 is 5.40. The zero-order valence-corrected chi connectivity index (χ0v) is 10.8. The molecule has 78 valence electrons. The van der Waals surface area contributed by atoms with Crippen LogP contribution in [0.5, 0.6) is 0 Å². The van der Waals surface area contributed by atoms with Gasteiger partial charge in [0, 0.05) is 6.04 Å². The van der Waals surface area contributed by atoms with Gasteiger partial charge in [0.2, 0.25) is 0 Å². The standard InChI is InChI=1S/C11H16BrNS/c1-13-10-3-2-8(7-10)6-9-4-5-14-11(9)12/h4-5,8,10,13H,2-3,6-7H2,1H3. The number of thiophene rings is 1. The van der Waals surface area contributed by atoms with Crippen LogP contribution < -0.4 is 5.32 Å². The number of nitrogens with one attached hydrogen (secondary N) is 1. The minimum atomic E-state index is 0.761. The second-order valence-electron chi connectivity index (χ2n) is 4.09. The van der Waals surface area contributed by atoms with E-state index in [9.17, 15) is 0 Å². The molecule has 0 amide bonds. The maximum Gasteiger partial charge on any atom is 0.0730 e. The van der Waals surface area contributed by atoms with E-state index in [1.54, 1.807) is 11.3 Å². The summed E-state index contributed by atoms with van der Waals surface area (Å²) in [6, 6.07) is 3.01. The van der Waals surface area contributed by atoms with Crippen molar-refractivity contribution in [2.45, 2.75) is 31.7 Å². The lowest BCUT2D eigenvalue weighted by Crippen LogP contribution is -2.21. The summed E-state index contributed by atoms with van der Waals surface area (Å²) in [7, 11) is 2.08. The highest BCUT2D eigenvalue weighted by atomic mass is 79.9. The molecule has 3 heteroatoms. The Bertz CT molecular complexity index is 297. The Morgan fingerprint density at radius 3 is 3.00 bits per heavy atom. The monoisotopic (exact) mass is 273 g/mol. The van der Waals surface area contributed by atoms with Gasteiger partial charge in [0.25, 0.3) is 0 Å². The zero-order valence-electron chi connectivity index (χ0n) is 8.42. The minimum absolute atomic E-state index is 0.761. The van der Waals surface area contributed by atoms with Crippen LogP contribution in [0.3, 0.4) is 0 Å². The fraction of sp³-hybridized carbons (Fsp3) is 0.636. The molecule has 0 saturated heterocycles. The van der Waals surface area contributed by atoms with E-state index in [0.717, 1.165) is 12.0 Å². The van der Waals surface area contributed by atoms with E-state index in [1.165, 1.54) is 35.0 Å². The van der Waals surface area contributed by atoms with Crippen molar-refractivity contribution >= 4 is 27.3 Å². The van der Waals surface area contributed by atoms with Crippen molar-refractivity contribution in [1.29, 1.82) is 0 Å². The first-order valence-corrected chi connectivity index (χ1v) is 6.86. The Hall–Kier alpha value is 0.140. The Morgan fingerprint density at radius 2 is 2.43 bits per heavy atom. The van der Waals surface area contributed by atoms with E-state index in [0.29, 0.717) is 0 Å². The van der Waals surface area contributed by atoms with Gasteiger partial charge in [-0.15, -0.1) is 11.3 Å². The summed E-state index contributed by atoms with van der Waals surface area (Å²) in [5, 5.41) is 5.55. The van der Waals surface area contributed by atoms with E-state index in [1.807, 2.05) is 0 Å². The van der Waals surface area contributed by atoms with Crippen molar-refractivity contribution in [2.75, 3.05) is 7.05 Å². The van der Waals surface area contributed by atoms with Gasteiger partial charge in [-0.05, 0) is 71.6 Å². The molecule has 0 bridgehead atoms. The third kappa shape index (κ3) is 2.38. The highest BCUT2D eigenvalue weighted by Crippen LogP contribution is 2.32. The molecule has 0 aromatic carbocycles. The van der Waals surface area contributed by atoms with Gasteiger partial charge in [0.05, 0.1) is 3.79 Å². The number of halogens is 1. The van der Waals surface area contributed by atoms with Crippen LogP contribution in [-0.2, 0) is 6.42 Å². The van der Waals surface area contributed by atoms with E-state index in [4.69, 9.17) is 0 Å².